The maximum atomic E-state index is 13.8. The lowest BCUT2D eigenvalue weighted by atomic mass is 9.99. The summed E-state index contributed by atoms with van der Waals surface area (Å²) in [5.74, 6) is -0.611. The van der Waals surface area contributed by atoms with Gasteiger partial charge >= 0.3 is 0 Å². The Labute approximate surface area is 139 Å². The second-order valence-electron chi connectivity index (χ2n) is 5.71. The smallest absolute Gasteiger partial charge is 0.253 e. The summed E-state index contributed by atoms with van der Waals surface area (Å²) < 4.78 is 13.8. The highest BCUT2D eigenvalue weighted by molar-refractivity contribution is 6.30. The lowest BCUT2D eigenvalue weighted by molar-refractivity contribution is 0.0927. The van der Waals surface area contributed by atoms with E-state index in [2.05, 4.69) is 15.2 Å². The highest BCUT2D eigenvalue weighted by atomic mass is 35.5. The minimum absolute atomic E-state index is 0.0811. The standard InChI is InChI=1S/C17H17ClFN3O/c1-22-8-6-15(21-17(23)12-3-2-7-20-10-12)16(22)11-4-5-13(18)14(19)9-11/h2-5,7,9-10,15-16H,6,8H2,1H3,(H,21,23)/t15-,16-/m1/s1. The minimum Gasteiger partial charge on any atom is -0.347 e. The number of nitrogens with zero attached hydrogens (tertiary/aromatic N) is 2. The number of amides is 1. The molecular formula is C17H17ClFN3O. The van der Waals surface area contributed by atoms with E-state index in [1.54, 1.807) is 30.5 Å². The molecule has 1 fully saturated rings. The molecule has 0 unspecified atom stereocenters. The van der Waals surface area contributed by atoms with Crippen molar-refractivity contribution in [2.24, 2.45) is 0 Å². The summed E-state index contributed by atoms with van der Waals surface area (Å²) in [6, 6.07) is 8.08. The molecule has 2 aromatic rings. The first kappa shape index (κ1) is 15.9. The van der Waals surface area contributed by atoms with Crippen molar-refractivity contribution < 1.29 is 9.18 Å². The van der Waals surface area contributed by atoms with Crippen molar-refractivity contribution in [2.45, 2.75) is 18.5 Å². The molecule has 0 aliphatic carbocycles. The van der Waals surface area contributed by atoms with Crippen LogP contribution in [0, 0.1) is 5.82 Å². The molecule has 1 aliphatic rings. The van der Waals surface area contributed by atoms with Crippen LogP contribution >= 0.6 is 11.6 Å². The van der Waals surface area contributed by atoms with Gasteiger partial charge < -0.3 is 5.32 Å². The SMILES string of the molecule is CN1CC[C@@H](NC(=O)c2cccnc2)[C@H]1c1ccc(Cl)c(F)c1. The van der Waals surface area contributed by atoms with Crippen LogP contribution in [-0.2, 0) is 0 Å². The Morgan fingerprint density at radius 1 is 1.43 bits per heavy atom. The zero-order valence-electron chi connectivity index (χ0n) is 12.7. The van der Waals surface area contributed by atoms with Crippen molar-refractivity contribution in [1.29, 1.82) is 0 Å². The molecule has 3 rings (SSSR count). The van der Waals surface area contributed by atoms with Crippen LogP contribution in [0.1, 0.15) is 28.4 Å². The van der Waals surface area contributed by atoms with E-state index >= 15 is 0 Å². The van der Waals surface area contributed by atoms with Crippen LogP contribution in [0.3, 0.4) is 0 Å². The Hall–Kier alpha value is -1.98. The van der Waals surface area contributed by atoms with Gasteiger partial charge in [0, 0.05) is 18.9 Å². The van der Waals surface area contributed by atoms with Crippen molar-refractivity contribution >= 4 is 17.5 Å². The molecule has 2 heterocycles. The minimum atomic E-state index is -0.443. The number of hydrogen-bond acceptors (Lipinski definition) is 3. The molecule has 1 N–H and O–H groups in total. The van der Waals surface area contributed by atoms with Gasteiger partial charge in [-0.25, -0.2) is 4.39 Å². The number of nitrogens with one attached hydrogen (secondary N) is 1. The van der Waals surface area contributed by atoms with E-state index in [-0.39, 0.29) is 23.0 Å². The van der Waals surface area contributed by atoms with Gasteiger partial charge in [0.05, 0.1) is 22.7 Å². The number of benzene rings is 1. The summed E-state index contributed by atoms with van der Waals surface area (Å²) in [6.07, 6.45) is 3.96. The molecule has 6 heteroatoms. The average Bonchev–Trinajstić information content (AvgIpc) is 2.91. The molecule has 0 spiro atoms. The lowest BCUT2D eigenvalue weighted by Gasteiger charge is -2.26. The topological polar surface area (TPSA) is 45.2 Å². The van der Waals surface area contributed by atoms with Gasteiger partial charge in [-0.3, -0.25) is 14.7 Å². The van der Waals surface area contributed by atoms with Gasteiger partial charge in [-0.05, 0) is 43.3 Å². The fourth-order valence-corrected chi connectivity index (χ4v) is 3.15. The maximum Gasteiger partial charge on any atom is 0.253 e. The fourth-order valence-electron chi connectivity index (χ4n) is 3.03. The second kappa shape index (κ2) is 6.64. The van der Waals surface area contributed by atoms with E-state index in [4.69, 9.17) is 11.6 Å². The van der Waals surface area contributed by atoms with E-state index in [0.717, 1.165) is 18.5 Å². The predicted octanol–water partition coefficient (Wildman–Crippen LogP) is 3.05. The summed E-state index contributed by atoms with van der Waals surface area (Å²) in [4.78, 5) is 18.4. The van der Waals surface area contributed by atoms with Crippen LogP contribution < -0.4 is 5.32 Å². The summed E-state index contributed by atoms with van der Waals surface area (Å²) in [5.41, 5.74) is 1.33. The zero-order valence-corrected chi connectivity index (χ0v) is 13.4. The van der Waals surface area contributed by atoms with Gasteiger partial charge in [0.2, 0.25) is 0 Å². The predicted molar refractivity (Wildman–Crippen MR) is 86.9 cm³/mol. The van der Waals surface area contributed by atoms with Crippen LogP contribution in [0.15, 0.2) is 42.7 Å². The molecule has 23 heavy (non-hydrogen) atoms. The normalized spacial score (nSPS) is 21.3. The summed E-state index contributed by atoms with van der Waals surface area (Å²) in [7, 11) is 1.97. The van der Waals surface area contributed by atoms with Gasteiger partial charge in [-0.2, -0.15) is 0 Å². The van der Waals surface area contributed by atoms with Crippen LogP contribution in [0.5, 0.6) is 0 Å². The highest BCUT2D eigenvalue weighted by Crippen LogP contribution is 2.32. The van der Waals surface area contributed by atoms with Crippen molar-refractivity contribution in [3.8, 4) is 0 Å². The van der Waals surface area contributed by atoms with E-state index in [0.29, 0.717) is 5.56 Å². The Morgan fingerprint density at radius 2 is 2.26 bits per heavy atom. The third kappa shape index (κ3) is 3.35. The van der Waals surface area contributed by atoms with Gasteiger partial charge in [0.1, 0.15) is 5.82 Å². The Kier molecular flexibility index (Phi) is 4.59. The number of carbonyl (C=O) groups excluding carboxylic acids is 1. The molecule has 1 aromatic carbocycles. The largest absolute Gasteiger partial charge is 0.347 e. The first-order valence-corrected chi connectivity index (χ1v) is 7.80. The number of aromatic nitrogens is 1. The molecule has 0 radical (unpaired) electrons. The molecule has 0 bridgehead atoms. The number of halogens is 2. The monoisotopic (exact) mass is 333 g/mol. The van der Waals surface area contributed by atoms with Crippen molar-refractivity contribution in [3.63, 3.8) is 0 Å². The summed E-state index contributed by atoms with van der Waals surface area (Å²) in [6.45, 7) is 0.826. The molecule has 1 aliphatic heterocycles. The maximum absolute atomic E-state index is 13.8. The zero-order chi connectivity index (χ0) is 16.4. The first-order chi connectivity index (χ1) is 11.1. The van der Waals surface area contributed by atoms with Crippen LogP contribution in [0.2, 0.25) is 5.02 Å². The second-order valence-corrected chi connectivity index (χ2v) is 6.12. The summed E-state index contributed by atoms with van der Waals surface area (Å²) in [5, 5.41) is 3.13. The van der Waals surface area contributed by atoms with Gasteiger partial charge in [-0.1, -0.05) is 17.7 Å². The number of pyridine rings is 1. The number of hydrogen-bond donors (Lipinski definition) is 1. The molecule has 1 amide bonds. The number of carbonyl (C=O) groups is 1. The van der Waals surface area contributed by atoms with Gasteiger partial charge in [0.25, 0.3) is 5.91 Å². The van der Waals surface area contributed by atoms with Crippen LogP contribution in [-0.4, -0.2) is 35.4 Å². The average molecular weight is 334 g/mol. The van der Waals surface area contributed by atoms with Crippen molar-refractivity contribution in [1.82, 2.24) is 15.2 Å². The van der Waals surface area contributed by atoms with Crippen molar-refractivity contribution in [3.05, 3.63) is 64.7 Å². The van der Waals surface area contributed by atoms with E-state index in [1.165, 1.54) is 12.3 Å². The van der Waals surface area contributed by atoms with Crippen molar-refractivity contribution in [2.75, 3.05) is 13.6 Å². The van der Waals surface area contributed by atoms with Gasteiger partial charge in [0.15, 0.2) is 0 Å². The van der Waals surface area contributed by atoms with E-state index in [1.807, 2.05) is 7.05 Å². The number of likely N-dealkylation sites (N-methyl/N-ethyl adjacent to an activating group) is 1. The van der Waals surface area contributed by atoms with E-state index < -0.39 is 5.82 Å². The van der Waals surface area contributed by atoms with E-state index in [9.17, 15) is 9.18 Å². The Bertz CT molecular complexity index is 710. The Morgan fingerprint density at radius 3 is 2.96 bits per heavy atom. The molecule has 1 saturated heterocycles. The molecule has 0 saturated carbocycles. The molecule has 2 atom stereocenters. The number of likely N-dealkylation sites (tertiary alicyclic amines) is 1. The molecular weight excluding hydrogens is 317 g/mol. The molecule has 1 aromatic heterocycles. The number of rotatable bonds is 3. The highest BCUT2D eigenvalue weighted by Gasteiger charge is 2.34. The summed E-state index contributed by atoms with van der Waals surface area (Å²) >= 11 is 5.76. The third-order valence-corrected chi connectivity index (χ3v) is 4.48. The third-order valence-electron chi connectivity index (χ3n) is 4.17. The Balaban J connectivity index is 1.81. The fraction of sp³-hybridized carbons (Fsp3) is 0.294. The van der Waals surface area contributed by atoms with Gasteiger partial charge in [-0.15, -0.1) is 0 Å². The lowest BCUT2D eigenvalue weighted by Crippen LogP contribution is -2.39. The van der Waals surface area contributed by atoms with Crippen LogP contribution in [0.25, 0.3) is 0 Å². The molecule has 4 nitrogen and oxygen atoms in total. The quantitative estimate of drug-likeness (QED) is 0.939. The van der Waals surface area contributed by atoms with Crippen LogP contribution in [0.4, 0.5) is 4.39 Å². The first-order valence-electron chi connectivity index (χ1n) is 7.42. The molecule has 120 valence electrons.